The van der Waals surface area contributed by atoms with E-state index in [9.17, 15) is 4.79 Å². The summed E-state index contributed by atoms with van der Waals surface area (Å²) in [6, 6.07) is 5.90. The number of anilines is 1. The maximum absolute atomic E-state index is 11.5. The van der Waals surface area contributed by atoms with E-state index in [4.69, 9.17) is 4.74 Å². The zero-order valence-corrected chi connectivity index (χ0v) is 13.8. The van der Waals surface area contributed by atoms with Gasteiger partial charge >= 0.3 is 0 Å². The van der Waals surface area contributed by atoms with E-state index < -0.39 is 0 Å². The van der Waals surface area contributed by atoms with Crippen LogP contribution in [0.1, 0.15) is 29.2 Å². The Morgan fingerprint density at radius 3 is 2.59 bits per heavy atom. The van der Waals surface area contributed by atoms with Gasteiger partial charge in [-0.25, -0.2) is 0 Å². The van der Waals surface area contributed by atoms with Crippen LogP contribution < -0.4 is 4.90 Å². The van der Waals surface area contributed by atoms with Crippen LogP contribution in [0.2, 0.25) is 0 Å². The Morgan fingerprint density at radius 1 is 1.27 bits per heavy atom. The number of hydrogen-bond acceptors (Lipinski definition) is 6. The summed E-state index contributed by atoms with van der Waals surface area (Å²) in [4.78, 5) is 13.8. The normalized spacial score (nSPS) is 21.9. The molecule has 0 spiro atoms. The molecule has 0 radical (unpaired) electrons. The van der Waals surface area contributed by atoms with Gasteiger partial charge < -0.3 is 9.64 Å². The molecule has 2 aromatic rings. The Bertz CT molecular complexity index is 676. The summed E-state index contributed by atoms with van der Waals surface area (Å²) in [5, 5.41) is 9.94. The van der Waals surface area contributed by atoms with Crippen LogP contribution in [0, 0.1) is 6.92 Å². The summed E-state index contributed by atoms with van der Waals surface area (Å²) >= 11 is 1.53. The van der Waals surface area contributed by atoms with Gasteiger partial charge in [0.25, 0.3) is 0 Å². The Morgan fingerprint density at radius 2 is 2.00 bits per heavy atom. The number of aryl methyl sites for hydroxylation is 1. The van der Waals surface area contributed by atoms with Crippen molar-refractivity contribution >= 4 is 23.3 Å². The van der Waals surface area contributed by atoms with Crippen LogP contribution in [0.15, 0.2) is 18.2 Å². The van der Waals surface area contributed by atoms with Gasteiger partial charge in [0, 0.05) is 29.9 Å². The molecule has 2 heterocycles. The molecule has 0 aliphatic carbocycles. The van der Waals surface area contributed by atoms with Crippen molar-refractivity contribution < 1.29 is 9.53 Å². The van der Waals surface area contributed by atoms with Gasteiger partial charge in [0.05, 0.1) is 12.2 Å². The number of aromatic nitrogens is 2. The Labute approximate surface area is 133 Å². The maximum Gasteiger partial charge on any atom is 0.152 e. The average Bonchev–Trinajstić information content (AvgIpc) is 2.92. The minimum atomic E-state index is 0.161. The quantitative estimate of drug-likeness (QED) is 0.815. The highest BCUT2D eigenvalue weighted by Crippen LogP contribution is 2.30. The number of morpholine rings is 1. The molecular formula is C16H19N3O2S. The molecule has 116 valence electrons. The van der Waals surface area contributed by atoms with Crippen molar-refractivity contribution in [3.05, 3.63) is 28.8 Å². The van der Waals surface area contributed by atoms with Crippen LogP contribution in [-0.4, -0.2) is 41.8 Å². The van der Waals surface area contributed by atoms with Gasteiger partial charge in [-0.2, -0.15) is 0 Å². The molecule has 1 aliphatic heterocycles. The van der Waals surface area contributed by atoms with E-state index in [-0.39, 0.29) is 12.2 Å². The van der Waals surface area contributed by atoms with Gasteiger partial charge in [0.15, 0.2) is 6.29 Å². The second-order valence-electron chi connectivity index (χ2n) is 5.68. The monoisotopic (exact) mass is 317 g/mol. The minimum absolute atomic E-state index is 0.161. The standard InChI is InChI=1S/C16H19N3O2S/c1-10-7-19(8-11(2)21-10)15-5-4-13(6-14(15)9-20)16-18-17-12(3)22-16/h4-6,9-11H,7-8H2,1-3H3/t10-,11+. The number of carbonyl (C=O) groups is 1. The topological polar surface area (TPSA) is 55.3 Å². The average molecular weight is 317 g/mol. The zero-order chi connectivity index (χ0) is 15.7. The molecule has 1 aromatic heterocycles. The third-order valence-electron chi connectivity index (χ3n) is 3.69. The van der Waals surface area contributed by atoms with Gasteiger partial charge in [0.1, 0.15) is 10.0 Å². The van der Waals surface area contributed by atoms with Crippen LogP contribution in [0.5, 0.6) is 0 Å². The van der Waals surface area contributed by atoms with E-state index in [0.29, 0.717) is 5.56 Å². The number of hydrogen-bond donors (Lipinski definition) is 0. The van der Waals surface area contributed by atoms with Crippen LogP contribution in [-0.2, 0) is 4.74 Å². The second kappa shape index (κ2) is 6.14. The largest absolute Gasteiger partial charge is 0.372 e. The zero-order valence-electron chi connectivity index (χ0n) is 12.9. The summed E-state index contributed by atoms with van der Waals surface area (Å²) in [6.07, 6.45) is 1.24. The summed E-state index contributed by atoms with van der Waals surface area (Å²) in [7, 11) is 0. The minimum Gasteiger partial charge on any atom is -0.372 e. The maximum atomic E-state index is 11.5. The van der Waals surface area contributed by atoms with Crippen molar-refractivity contribution in [3.63, 3.8) is 0 Å². The van der Waals surface area contributed by atoms with Crippen LogP contribution in [0.25, 0.3) is 10.6 Å². The third-order valence-corrected chi connectivity index (χ3v) is 4.58. The number of rotatable bonds is 3. The number of aldehydes is 1. The van der Waals surface area contributed by atoms with Gasteiger partial charge in [0.2, 0.25) is 0 Å². The van der Waals surface area contributed by atoms with Gasteiger partial charge in [-0.05, 0) is 39.0 Å². The first-order valence-corrected chi connectivity index (χ1v) is 8.18. The van der Waals surface area contributed by atoms with Crippen LogP contribution in [0.3, 0.4) is 0 Å². The van der Waals surface area contributed by atoms with Crippen molar-refractivity contribution in [2.45, 2.75) is 33.0 Å². The third kappa shape index (κ3) is 3.03. The second-order valence-corrected chi connectivity index (χ2v) is 6.86. The van der Waals surface area contributed by atoms with Crippen LogP contribution >= 0.6 is 11.3 Å². The molecule has 3 rings (SSSR count). The van der Waals surface area contributed by atoms with E-state index >= 15 is 0 Å². The van der Waals surface area contributed by atoms with Crippen molar-refractivity contribution in [1.29, 1.82) is 0 Å². The van der Waals surface area contributed by atoms with Crippen molar-refractivity contribution in [3.8, 4) is 10.6 Å². The van der Waals surface area contributed by atoms with E-state index in [2.05, 4.69) is 28.9 Å². The van der Waals surface area contributed by atoms with Crippen molar-refractivity contribution in [1.82, 2.24) is 10.2 Å². The fraction of sp³-hybridized carbons (Fsp3) is 0.438. The Balaban J connectivity index is 1.94. The summed E-state index contributed by atoms with van der Waals surface area (Å²) in [5.74, 6) is 0. The predicted octanol–water partition coefficient (Wildman–Crippen LogP) is 2.94. The van der Waals surface area contributed by atoms with Gasteiger partial charge in [-0.3, -0.25) is 4.79 Å². The lowest BCUT2D eigenvalue weighted by atomic mass is 10.1. The molecule has 6 heteroatoms. The molecule has 22 heavy (non-hydrogen) atoms. The lowest BCUT2D eigenvalue weighted by Crippen LogP contribution is -2.45. The van der Waals surface area contributed by atoms with E-state index in [1.54, 1.807) is 0 Å². The number of ether oxygens (including phenoxy) is 1. The summed E-state index contributed by atoms with van der Waals surface area (Å²) in [6.45, 7) is 7.63. The lowest BCUT2D eigenvalue weighted by Gasteiger charge is -2.37. The van der Waals surface area contributed by atoms with Crippen molar-refractivity contribution in [2.24, 2.45) is 0 Å². The Hall–Kier alpha value is -1.79. The first kappa shape index (κ1) is 15.1. The van der Waals surface area contributed by atoms with E-state index in [0.717, 1.165) is 40.6 Å². The molecule has 0 unspecified atom stereocenters. The molecule has 1 saturated heterocycles. The molecule has 1 aliphatic rings. The van der Waals surface area contributed by atoms with Crippen molar-refractivity contribution in [2.75, 3.05) is 18.0 Å². The van der Waals surface area contributed by atoms with Gasteiger partial charge in [-0.1, -0.05) is 11.3 Å². The highest BCUT2D eigenvalue weighted by Gasteiger charge is 2.24. The highest BCUT2D eigenvalue weighted by atomic mass is 32.1. The number of nitrogens with zero attached hydrogens (tertiary/aromatic N) is 3. The Kier molecular flexibility index (Phi) is 4.22. The van der Waals surface area contributed by atoms with E-state index in [1.807, 2.05) is 25.1 Å². The molecule has 5 nitrogen and oxygen atoms in total. The molecule has 1 aromatic carbocycles. The number of benzene rings is 1. The predicted molar refractivity (Wildman–Crippen MR) is 87.7 cm³/mol. The smallest absolute Gasteiger partial charge is 0.152 e. The fourth-order valence-corrected chi connectivity index (χ4v) is 3.55. The number of carbonyl (C=O) groups excluding carboxylic acids is 1. The molecule has 0 saturated carbocycles. The first-order valence-electron chi connectivity index (χ1n) is 7.37. The molecule has 0 N–H and O–H groups in total. The van der Waals surface area contributed by atoms with Crippen LogP contribution in [0.4, 0.5) is 5.69 Å². The lowest BCUT2D eigenvalue weighted by molar-refractivity contribution is -0.00525. The fourth-order valence-electron chi connectivity index (χ4n) is 2.86. The molecule has 0 amide bonds. The highest BCUT2D eigenvalue weighted by molar-refractivity contribution is 7.14. The molecule has 0 bridgehead atoms. The summed E-state index contributed by atoms with van der Waals surface area (Å²) < 4.78 is 5.76. The molecule has 1 fully saturated rings. The molecular weight excluding hydrogens is 298 g/mol. The molecule has 2 atom stereocenters. The van der Waals surface area contributed by atoms with Gasteiger partial charge in [-0.15, -0.1) is 10.2 Å². The van der Waals surface area contributed by atoms with E-state index in [1.165, 1.54) is 11.3 Å². The first-order chi connectivity index (χ1) is 10.6. The summed E-state index contributed by atoms with van der Waals surface area (Å²) in [5.41, 5.74) is 2.58. The SMILES string of the molecule is Cc1nnc(-c2ccc(N3C[C@@H](C)O[C@@H](C)C3)c(C=O)c2)s1.